The molecule has 2 aromatic rings. The highest BCUT2D eigenvalue weighted by Crippen LogP contribution is 2.10. The van der Waals surface area contributed by atoms with Crippen molar-refractivity contribution >= 4 is 5.91 Å². The summed E-state index contributed by atoms with van der Waals surface area (Å²) in [6, 6.07) is 7.79. The molecule has 20 heavy (non-hydrogen) atoms. The third-order valence-electron chi connectivity index (χ3n) is 3.34. The zero-order chi connectivity index (χ0) is 13.8. The van der Waals surface area contributed by atoms with Crippen molar-refractivity contribution < 1.29 is 9.53 Å². The standard InChI is InChI=1S/C14H16N4O2/c19-14(17-7-9-20-10-8-17)11-12-1-3-13(4-2-12)18-6-5-15-16-18/h1-6H,7-11H2. The minimum absolute atomic E-state index is 0.154. The van der Waals surface area contributed by atoms with Crippen molar-refractivity contribution in [2.75, 3.05) is 26.3 Å². The van der Waals surface area contributed by atoms with Crippen molar-refractivity contribution in [3.8, 4) is 5.69 Å². The van der Waals surface area contributed by atoms with Gasteiger partial charge in [-0.3, -0.25) is 4.79 Å². The van der Waals surface area contributed by atoms with Crippen molar-refractivity contribution in [1.82, 2.24) is 19.9 Å². The molecule has 0 atom stereocenters. The number of nitrogens with zero attached hydrogens (tertiary/aromatic N) is 4. The lowest BCUT2D eigenvalue weighted by molar-refractivity contribution is -0.134. The van der Waals surface area contributed by atoms with Gasteiger partial charge in [-0.1, -0.05) is 17.3 Å². The molecule has 0 spiro atoms. The van der Waals surface area contributed by atoms with E-state index in [1.165, 1.54) is 0 Å². The van der Waals surface area contributed by atoms with Crippen LogP contribution in [-0.4, -0.2) is 52.1 Å². The minimum Gasteiger partial charge on any atom is -0.378 e. The van der Waals surface area contributed by atoms with Crippen molar-refractivity contribution in [3.05, 3.63) is 42.2 Å². The van der Waals surface area contributed by atoms with Crippen LogP contribution in [0.2, 0.25) is 0 Å². The zero-order valence-corrected chi connectivity index (χ0v) is 11.1. The van der Waals surface area contributed by atoms with E-state index in [2.05, 4.69) is 10.3 Å². The quantitative estimate of drug-likeness (QED) is 0.824. The molecule has 0 saturated carbocycles. The van der Waals surface area contributed by atoms with Crippen molar-refractivity contribution in [1.29, 1.82) is 0 Å². The largest absolute Gasteiger partial charge is 0.378 e. The summed E-state index contributed by atoms with van der Waals surface area (Å²) in [7, 11) is 0. The Morgan fingerprint density at radius 2 is 1.95 bits per heavy atom. The molecule has 1 aliphatic heterocycles. The van der Waals surface area contributed by atoms with Crippen LogP contribution in [0.25, 0.3) is 5.69 Å². The highest BCUT2D eigenvalue weighted by molar-refractivity contribution is 5.78. The predicted molar refractivity (Wildman–Crippen MR) is 72.5 cm³/mol. The van der Waals surface area contributed by atoms with Gasteiger partial charge in [-0.15, -0.1) is 5.10 Å². The van der Waals surface area contributed by atoms with Crippen LogP contribution in [-0.2, 0) is 16.0 Å². The van der Waals surface area contributed by atoms with Crippen LogP contribution in [0.4, 0.5) is 0 Å². The monoisotopic (exact) mass is 272 g/mol. The fraction of sp³-hybridized carbons (Fsp3) is 0.357. The molecule has 104 valence electrons. The second-order valence-electron chi connectivity index (χ2n) is 4.68. The van der Waals surface area contributed by atoms with Gasteiger partial charge in [0.15, 0.2) is 0 Å². The summed E-state index contributed by atoms with van der Waals surface area (Å²) < 4.78 is 6.94. The average Bonchev–Trinajstić information content (AvgIpc) is 3.03. The maximum absolute atomic E-state index is 12.1. The first-order valence-corrected chi connectivity index (χ1v) is 6.64. The molecule has 0 N–H and O–H groups in total. The van der Waals surface area contributed by atoms with E-state index < -0.39 is 0 Å². The van der Waals surface area contributed by atoms with E-state index in [1.54, 1.807) is 17.1 Å². The molecule has 6 nitrogen and oxygen atoms in total. The van der Waals surface area contributed by atoms with Gasteiger partial charge in [-0.2, -0.15) is 0 Å². The van der Waals surface area contributed by atoms with Gasteiger partial charge in [-0.25, -0.2) is 4.68 Å². The average molecular weight is 272 g/mol. The molecule has 3 rings (SSSR count). The summed E-state index contributed by atoms with van der Waals surface area (Å²) in [4.78, 5) is 14.0. The summed E-state index contributed by atoms with van der Waals surface area (Å²) in [6.07, 6.45) is 3.85. The number of rotatable bonds is 3. The van der Waals surface area contributed by atoms with E-state index in [0.29, 0.717) is 32.7 Å². The molecule has 0 radical (unpaired) electrons. The second-order valence-corrected chi connectivity index (χ2v) is 4.68. The minimum atomic E-state index is 0.154. The lowest BCUT2D eigenvalue weighted by Gasteiger charge is -2.26. The zero-order valence-electron chi connectivity index (χ0n) is 11.1. The molecule has 6 heteroatoms. The lowest BCUT2D eigenvalue weighted by atomic mass is 10.1. The maximum Gasteiger partial charge on any atom is 0.227 e. The van der Waals surface area contributed by atoms with Gasteiger partial charge in [-0.05, 0) is 17.7 Å². The van der Waals surface area contributed by atoms with Gasteiger partial charge in [0.1, 0.15) is 0 Å². The lowest BCUT2D eigenvalue weighted by Crippen LogP contribution is -2.41. The van der Waals surface area contributed by atoms with Gasteiger partial charge < -0.3 is 9.64 Å². The predicted octanol–water partition coefficient (Wildman–Crippen LogP) is 0.669. The summed E-state index contributed by atoms with van der Waals surface area (Å²) in [5, 5.41) is 7.70. The third-order valence-corrected chi connectivity index (χ3v) is 3.34. The fourth-order valence-corrected chi connectivity index (χ4v) is 2.21. The fourth-order valence-electron chi connectivity index (χ4n) is 2.21. The van der Waals surface area contributed by atoms with Crippen LogP contribution in [0.1, 0.15) is 5.56 Å². The van der Waals surface area contributed by atoms with Crippen molar-refractivity contribution in [2.24, 2.45) is 0 Å². The molecule has 1 saturated heterocycles. The Balaban J connectivity index is 1.64. The molecule has 1 amide bonds. The van der Waals surface area contributed by atoms with E-state index in [9.17, 15) is 4.79 Å². The van der Waals surface area contributed by atoms with Crippen LogP contribution < -0.4 is 0 Å². The van der Waals surface area contributed by atoms with Gasteiger partial charge in [0.05, 0.1) is 37.7 Å². The first kappa shape index (κ1) is 12.8. The molecule has 1 aliphatic rings. The van der Waals surface area contributed by atoms with E-state index in [-0.39, 0.29) is 5.91 Å². The van der Waals surface area contributed by atoms with Crippen LogP contribution in [0.15, 0.2) is 36.7 Å². The number of morpholine rings is 1. The number of aromatic nitrogens is 3. The number of carbonyl (C=O) groups is 1. The van der Waals surface area contributed by atoms with Crippen LogP contribution in [0, 0.1) is 0 Å². The molecule has 1 aromatic heterocycles. The van der Waals surface area contributed by atoms with Gasteiger partial charge in [0, 0.05) is 13.1 Å². The summed E-state index contributed by atoms with van der Waals surface area (Å²) >= 11 is 0. The summed E-state index contributed by atoms with van der Waals surface area (Å²) in [5.74, 6) is 0.154. The Kier molecular flexibility index (Phi) is 3.73. The molecule has 0 aliphatic carbocycles. The van der Waals surface area contributed by atoms with E-state index >= 15 is 0 Å². The summed E-state index contributed by atoms with van der Waals surface area (Å²) in [5.41, 5.74) is 1.94. The Morgan fingerprint density at radius 3 is 2.60 bits per heavy atom. The normalized spacial score (nSPS) is 15.3. The summed E-state index contributed by atoms with van der Waals surface area (Å²) in [6.45, 7) is 2.65. The number of carbonyl (C=O) groups excluding carboxylic acids is 1. The van der Waals surface area contributed by atoms with E-state index in [0.717, 1.165) is 11.3 Å². The molecule has 1 fully saturated rings. The smallest absolute Gasteiger partial charge is 0.227 e. The van der Waals surface area contributed by atoms with Crippen molar-refractivity contribution in [3.63, 3.8) is 0 Å². The number of hydrogen-bond acceptors (Lipinski definition) is 4. The number of ether oxygens (including phenoxy) is 1. The SMILES string of the molecule is O=C(Cc1ccc(-n2ccnn2)cc1)N1CCOCC1. The van der Waals surface area contributed by atoms with Crippen LogP contribution >= 0.6 is 0 Å². The van der Waals surface area contributed by atoms with Gasteiger partial charge in [0.2, 0.25) is 5.91 Å². The highest BCUT2D eigenvalue weighted by Gasteiger charge is 2.16. The van der Waals surface area contributed by atoms with Crippen molar-refractivity contribution in [2.45, 2.75) is 6.42 Å². The Bertz CT molecular complexity index is 559. The van der Waals surface area contributed by atoms with E-state index in [1.807, 2.05) is 29.2 Å². The maximum atomic E-state index is 12.1. The first-order chi connectivity index (χ1) is 9.83. The third kappa shape index (κ3) is 2.85. The molecule has 2 heterocycles. The topological polar surface area (TPSA) is 60.2 Å². The molecule has 0 bridgehead atoms. The van der Waals surface area contributed by atoms with E-state index in [4.69, 9.17) is 4.74 Å². The molecule has 0 unspecified atom stereocenters. The Morgan fingerprint density at radius 1 is 1.20 bits per heavy atom. The van der Waals surface area contributed by atoms with Gasteiger partial charge in [0.25, 0.3) is 0 Å². The van der Waals surface area contributed by atoms with Crippen LogP contribution in [0.5, 0.6) is 0 Å². The number of benzene rings is 1. The first-order valence-electron chi connectivity index (χ1n) is 6.64. The molecular weight excluding hydrogens is 256 g/mol. The van der Waals surface area contributed by atoms with Crippen LogP contribution in [0.3, 0.4) is 0 Å². The van der Waals surface area contributed by atoms with Gasteiger partial charge >= 0.3 is 0 Å². The Hall–Kier alpha value is -2.21. The number of amides is 1. The highest BCUT2D eigenvalue weighted by atomic mass is 16.5. The second kappa shape index (κ2) is 5.83. The Labute approximate surface area is 117 Å². The number of hydrogen-bond donors (Lipinski definition) is 0. The molecular formula is C14H16N4O2. The molecule has 1 aromatic carbocycles.